The van der Waals surface area contributed by atoms with E-state index in [1.165, 1.54) is 22.2 Å². The number of aromatic nitrogens is 3. The second kappa shape index (κ2) is 7.71. The number of pyridine rings is 1. The second-order valence-electron chi connectivity index (χ2n) is 7.81. The summed E-state index contributed by atoms with van der Waals surface area (Å²) >= 11 is 1.79. The van der Waals surface area contributed by atoms with Gasteiger partial charge in [-0.25, -0.2) is 9.97 Å². The van der Waals surface area contributed by atoms with Crippen LogP contribution in [0.15, 0.2) is 24.5 Å². The standard InChI is InChI=1S/C22H25N5OS/c1-2-10-26-11-5-12-27(14-18(26)28)21-19-16-7-3-8-17(16)29-22(19)25-20(24-21)15-6-4-9-23-13-15/h4,6,9,13H,2-3,5,7-8,10-12,14H2,1H3. The van der Waals surface area contributed by atoms with Crippen LogP contribution in [-0.4, -0.2) is 51.9 Å². The van der Waals surface area contributed by atoms with Gasteiger partial charge in [-0.15, -0.1) is 11.3 Å². The topological polar surface area (TPSA) is 62.2 Å². The number of carbonyl (C=O) groups is 1. The maximum Gasteiger partial charge on any atom is 0.242 e. The van der Waals surface area contributed by atoms with Crippen molar-refractivity contribution < 1.29 is 4.79 Å². The summed E-state index contributed by atoms with van der Waals surface area (Å²) in [5, 5.41) is 1.17. The van der Waals surface area contributed by atoms with Crippen molar-refractivity contribution in [2.75, 3.05) is 31.1 Å². The molecular formula is C22H25N5OS. The Balaban J connectivity index is 1.62. The summed E-state index contributed by atoms with van der Waals surface area (Å²) in [6, 6.07) is 3.91. The molecule has 4 heterocycles. The summed E-state index contributed by atoms with van der Waals surface area (Å²) in [5.74, 6) is 1.83. The third-order valence-electron chi connectivity index (χ3n) is 5.79. The molecule has 0 N–H and O–H groups in total. The number of anilines is 1. The average Bonchev–Trinajstić information content (AvgIpc) is 3.28. The van der Waals surface area contributed by atoms with Gasteiger partial charge in [0.1, 0.15) is 10.6 Å². The van der Waals surface area contributed by atoms with E-state index in [1.807, 2.05) is 23.2 Å². The minimum Gasteiger partial charge on any atom is -0.347 e. The van der Waals surface area contributed by atoms with Crippen LogP contribution in [-0.2, 0) is 17.6 Å². The van der Waals surface area contributed by atoms with Crippen molar-refractivity contribution >= 4 is 33.3 Å². The minimum absolute atomic E-state index is 0.200. The van der Waals surface area contributed by atoms with Crippen molar-refractivity contribution in [2.24, 2.45) is 0 Å². The summed E-state index contributed by atoms with van der Waals surface area (Å²) in [7, 11) is 0. The fourth-order valence-electron chi connectivity index (χ4n) is 4.44. The number of fused-ring (bicyclic) bond motifs is 3. The first-order valence-corrected chi connectivity index (χ1v) is 11.3. The number of hydrogen-bond acceptors (Lipinski definition) is 6. The van der Waals surface area contributed by atoms with E-state index in [1.54, 1.807) is 17.5 Å². The number of aryl methyl sites for hydroxylation is 2. The molecule has 1 amide bonds. The first-order valence-electron chi connectivity index (χ1n) is 10.5. The lowest BCUT2D eigenvalue weighted by Gasteiger charge is -2.23. The quantitative estimate of drug-likeness (QED) is 0.660. The highest BCUT2D eigenvalue weighted by atomic mass is 32.1. The Morgan fingerprint density at radius 3 is 2.93 bits per heavy atom. The van der Waals surface area contributed by atoms with Crippen LogP contribution in [0.5, 0.6) is 0 Å². The van der Waals surface area contributed by atoms with Crippen molar-refractivity contribution in [3.05, 3.63) is 35.0 Å². The van der Waals surface area contributed by atoms with Crippen LogP contribution in [0, 0.1) is 0 Å². The van der Waals surface area contributed by atoms with E-state index in [0.29, 0.717) is 12.4 Å². The maximum absolute atomic E-state index is 12.9. The van der Waals surface area contributed by atoms with E-state index in [0.717, 1.165) is 61.5 Å². The van der Waals surface area contributed by atoms with Gasteiger partial charge in [0.25, 0.3) is 0 Å². The highest BCUT2D eigenvalue weighted by Crippen LogP contribution is 2.41. The third kappa shape index (κ3) is 3.37. The maximum atomic E-state index is 12.9. The predicted octanol–water partition coefficient (Wildman–Crippen LogP) is 3.69. The molecule has 6 nitrogen and oxygen atoms in total. The molecule has 2 aliphatic rings. The number of rotatable bonds is 4. The predicted molar refractivity (Wildman–Crippen MR) is 116 cm³/mol. The average molecular weight is 408 g/mol. The van der Waals surface area contributed by atoms with Crippen molar-refractivity contribution in [3.8, 4) is 11.4 Å². The number of carbonyl (C=O) groups excluding carboxylic acids is 1. The van der Waals surface area contributed by atoms with Crippen LogP contribution in [0.3, 0.4) is 0 Å². The van der Waals surface area contributed by atoms with Gasteiger partial charge < -0.3 is 9.80 Å². The van der Waals surface area contributed by atoms with Gasteiger partial charge in [0.2, 0.25) is 5.91 Å². The molecule has 0 radical (unpaired) electrons. The van der Waals surface area contributed by atoms with Crippen LogP contribution < -0.4 is 4.90 Å². The molecule has 0 spiro atoms. The van der Waals surface area contributed by atoms with Gasteiger partial charge >= 0.3 is 0 Å². The summed E-state index contributed by atoms with van der Waals surface area (Å²) in [4.78, 5) is 33.7. The zero-order chi connectivity index (χ0) is 19.8. The molecular weight excluding hydrogens is 382 g/mol. The Labute approximate surface area is 174 Å². The SMILES string of the molecule is CCCN1CCCN(c2nc(-c3cccnc3)nc3sc4c(c23)CCC4)CC1=O. The molecule has 3 aromatic heterocycles. The van der Waals surface area contributed by atoms with Gasteiger partial charge in [0.05, 0.1) is 11.9 Å². The first kappa shape index (κ1) is 18.5. The molecule has 0 aromatic carbocycles. The lowest BCUT2D eigenvalue weighted by atomic mass is 10.1. The monoisotopic (exact) mass is 407 g/mol. The van der Waals surface area contributed by atoms with Crippen molar-refractivity contribution in [1.82, 2.24) is 19.9 Å². The smallest absolute Gasteiger partial charge is 0.242 e. The normalized spacial score (nSPS) is 17.1. The Morgan fingerprint density at radius 2 is 2.10 bits per heavy atom. The van der Waals surface area contributed by atoms with E-state index >= 15 is 0 Å². The Bertz CT molecular complexity index is 1050. The highest BCUT2D eigenvalue weighted by Gasteiger charge is 2.28. The van der Waals surface area contributed by atoms with Gasteiger partial charge in [-0.2, -0.15) is 0 Å². The summed E-state index contributed by atoms with van der Waals surface area (Å²) in [5.41, 5.74) is 2.32. The van der Waals surface area contributed by atoms with Crippen LogP contribution in [0.1, 0.15) is 36.6 Å². The van der Waals surface area contributed by atoms with E-state index in [-0.39, 0.29) is 5.91 Å². The fraction of sp³-hybridized carbons (Fsp3) is 0.455. The van der Waals surface area contributed by atoms with Crippen LogP contribution >= 0.6 is 11.3 Å². The van der Waals surface area contributed by atoms with Crippen LogP contribution in [0.25, 0.3) is 21.6 Å². The molecule has 1 aliphatic heterocycles. The second-order valence-corrected chi connectivity index (χ2v) is 8.89. The molecule has 0 bridgehead atoms. The van der Waals surface area contributed by atoms with Crippen LogP contribution in [0.2, 0.25) is 0 Å². The third-order valence-corrected chi connectivity index (χ3v) is 6.98. The Hall–Kier alpha value is -2.54. The number of hydrogen-bond donors (Lipinski definition) is 0. The molecule has 1 aliphatic carbocycles. The lowest BCUT2D eigenvalue weighted by molar-refractivity contribution is -0.129. The molecule has 1 saturated heterocycles. The van der Waals surface area contributed by atoms with Crippen molar-refractivity contribution in [3.63, 3.8) is 0 Å². The van der Waals surface area contributed by atoms with Crippen molar-refractivity contribution in [1.29, 1.82) is 0 Å². The van der Waals surface area contributed by atoms with Gasteiger partial charge in [0.15, 0.2) is 5.82 Å². The fourth-order valence-corrected chi connectivity index (χ4v) is 5.69. The zero-order valence-electron chi connectivity index (χ0n) is 16.7. The summed E-state index contributed by atoms with van der Waals surface area (Å²) in [6.07, 6.45) is 8.94. The molecule has 0 unspecified atom stereocenters. The van der Waals surface area contributed by atoms with E-state index in [9.17, 15) is 4.79 Å². The molecule has 150 valence electrons. The molecule has 0 saturated carbocycles. The van der Waals surface area contributed by atoms with Gasteiger partial charge in [-0.1, -0.05) is 6.92 Å². The minimum atomic E-state index is 0.200. The molecule has 29 heavy (non-hydrogen) atoms. The summed E-state index contributed by atoms with van der Waals surface area (Å²) < 4.78 is 0. The highest BCUT2D eigenvalue weighted by molar-refractivity contribution is 7.19. The van der Waals surface area contributed by atoms with E-state index < -0.39 is 0 Å². The lowest BCUT2D eigenvalue weighted by Crippen LogP contribution is -2.37. The van der Waals surface area contributed by atoms with Crippen LogP contribution in [0.4, 0.5) is 5.82 Å². The zero-order valence-corrected chi connectivity index (χ0v) is 17.5. The van der Waals surface area contributed by atoms with Gasteiger partial charge in [-0.05, 0) is 49.8 Å². The largest absolute Gasteiger partial charge is 0.347 e. The number of thiophene rings is 1. The van der Waals surface area contributed by atoms with E-state index in [4.69, 9.17) is 9.97 Å². The molecule has 1 fully saturated rings. The molecule has 0 atom stereocenters. The van der Waals surface area contributed by atoms with Crippen molar-refractivity contribution in [2.45, 2.75) is 39.0 Å². The molecule has 7 heteroatoms. The van der Waals surface area contributed by atoms with Gasteiger partial charge in [0, 0.05) is 42.5 Å². The number of nitrogens with zero attached hydrogens (tertiary/aromatic N) is 5. The Morgan fingerprint density at radius 1 is 1.17 bits per heavy atom. The molecule has 5 rings (SSSR count). The van der Waals surface area contributed by atoms with E-state index in [2.05, 4.69) is 16.8 Å². The van der Waals surface area contributed by atoms with Gasteiger partial charge in [-0.3, -0.25) is 9.78 Å². The molecule has 3 aromatic rings. The Kier molecular flexibility index (Phi) is 4.91. The number of amides is 1. The summed E-state index contributed by atoms with van der Waals surface area (Å²) in [6.45, 7) is 5.02. The first-order chi connectivity index (χ1) is 14.2.